The monoisotopic (exact) mass is 290 g/mol. The van der Waals surface area contributed by atoms with E-state index < -0.39 is 16.1 Å². The first kappa shape index (κ1) is 19.8. The fraction of sp³-hybridized carbons (Fsp3) is 0.462. The second kappa shape index (κ2) is 9.38. The summed E-state index contributed by atoms with van der Waals surface area (Å²) in [7, 11) is -3.71. The summed E-state index contributed by atoms with van der Waals surface area (Å²) >= 11 is 0. The van der Waals surface area contributed by atoms with E-state index in [2.05, 4.69) is 4.18 Å². The molecule has 0 saturated carbocycles. The minimum absolute atomic E-state index is 0.162. The van der Waals surface area contributed by atoms with Crippen molar-refractivity contribution in [3.05, 3.63) is 29.3 Å². The van der Waals surface area contributed by atoms with Gasteiger partial charge < -0.3 is 9.29 Å². The van der Waals surface area contributed by atoms with E-state index in [-0.39, 0.29) is 11.3 Å². The van der Waals surface area contributed by atoms with Crippen LogP contribution in [0.4, 0.5) is 0 Å². The lowest BCUT2D eigenvalue weighted by Crippen LogP contribution is -2.09. The van der Waals surface area contributed by atoms with Crippen LogP contribution in [0.3, 0.4) is 0 Å². The predicted octanol–water partition coefficient (Wildman–Crippen LogP) is 3.08. The van der Waals surface area contributed by atoms with Crippen molar-refractivity contribution in [1.29, 1.82) is 0 Å². The molecule has 0 aliphatic heterocycles. The van der Waals surface area contributed by atoms with E-state index in [1.807, 2.05) is 27.7 Å². The molecule has 0 atom stereocenters. The number of hydrogen-bond donors (Lipinski definition) is 1. The van der Waals surface area contributed by atoms with Crippen molar-refractivity contribution in [2.45, 2.75) is 34.6 Å². The SMILES string of the molecule is CC.CC.Cc1ccc(C(=O)O)c(OS(C)(=O)=O)c1. The van der Waals surface area contributed by atoms with Crippen molar-refractivity contribution in [3.8, 4) is 5.75 Å². The Kier molecular flexibility index (Phi) is 9.76. The molecule has 19 heavy (non-hydrogen) atoms. The molecule has 5 nitrogen and oxygen atoms in total. The minimum Gasteiger partial charge on any atom is -0.478 e. The van der Waals surface area contributed by atoms with Gasteiger partial charge in [-0.25, -0.2) is 4.79 Å². The maximum Gasteiger partial charge on any atom is 0.339 e. The van der Waals surface area contributed by atoms with Gasteiger partial charge in [0.1, 0.15) is 5.56 Å². The third-order valence-electron chi connectivity index (χ3n) is 1.61. The van der Waals surface area contributed by atoms with Crippen molar-refractivity contribution in [1.82, 2.24) is 0 Å². The lowest BCUT2D eigenvalue weighted by atomic mass is 10.1. The lowest BCUT2D eigenvalue weighted by molar-refractivity contribution is 0.0695. The van der Waals surface area contributed by atoms with E-state index >= 15 is 0 Å². The minimum atomic E-state index is -3.71. The van der Waals surface area contributed by atoms with Crippen LogP contribution in [0.2, 0.25) is 0 Å². The van der Waals surface area contributed by atoms with Crippen molar-refractivity contribution in [2.75, 3.05) is 6.26 Å². The zero-order chi connectivity index (χ0) is 15.6. The molecule has 0 bridgehead atoms. The quantitative estimate of drug-likeness (QED) is 0.865. The fourth-order valence-corrected chi connectivity index (χ4v) is 1.50. The van der Waals surface area contributed by atoms with Gasteiger partial charge in [-0.05, 0) is 24.6 Å². The van der Waals surface area contributed by atoms with Crippen LogP contribution in [-0.2, 0) is 10.1 Å². The third-order valence-corrected chi connectivity index (χ3v) is 2.09. The van der Waals surface area contributed by atoms with E-state index in [9.17, 15) is 13.2 Å². The zero-order valence-corrected chi connectivity index (χ0v) is 13.0. The van der Waals surface area contributed by atoms with E-state index in [0.717, 1.165) is 11.8 Å². The van der Waals surface area contributed by atoms with Crippen LogP contribution in [0.15, 0.2) is 18.2 Å². The number of carbonyl (C=O) groups is 1. The van der Waals surface area contributed by atoms with Crippen LogP contribution >= 0.6 is 0 Å². The highest BCUT2D eigenvalue weighted by molar-refractivity contribution is 7.86. The average molecular weight is 290 g/mol. The second-order valence-electron chi connectivity index (χ2n) is 3.09. The smallest absolute Gasteiger partial charge is 0.339 e. The summed E-state index contributed by atoms with van der Waals surface area (Å²) in [4.78, 5) is 10.7. The number of rotatable bonds is 3. The maximum atomic E-state index is 10.9. The largest absolute Gasteiger partial charge is 0.478 e. The van der Waals surface area contributed by atoms with Gasteiger partial charge in [0.25, 0.3) is 0 Å². The van der Waals surface area contributed by atoms with E-state index in [1.165, 1.54) is 12.1 Å². The second-order valence-corrected chi connectivity index (χ2v) is 4.67. The van der Waals surface area contributed by atoms with Gasteiger partial charge in [-0.2, -0.15) is 8.42 Å². The Hall–Kier alpha value is -1.56. The standard InChI is InChI=1S/C9H10O5S.2C2H6/c1-6-3-4-7(9(10)11)8(5-6)14-15(2,12)13;2*1-2/h3-5H,1-2H3,(H,10,11);2*1-2H3. The Morgan fingerprint density at radius 1 is 1.16 bits per heavy atom. The number of carboxylic acid groups (broad SMARTS) is 1. The molecule has 110 valence electrons. The average Bonchev–Trinajstić information content (AvgIpc) is 2.31. The van der Waals surface area contributed by atoms with E-state index in [4.69, 9.17) is 5.11 Å². The number of hydrogen-bond acceptors (Lipinski definition) is 4. The van der Waals surface area contributed by atoms with Gasteiger partial charge in [0, 0.05) is 0 Å². The summed E-state index contributed by atoms with van der Waals surface area (Å²) in [6.45, 7) is 9.71. The van der Waals surface area contributed by atoms with Crippen LogP contribution in [0.25, 0.3) is 0 Å². The molecule has 0 amide bonds. The summed E-state index contributed by atoms with van der Waals surface area (Å²) < 4.78 is 26.3. The molecule has 1 rings (SSSR count). The molecule has 0 aliphatic rings. The summed E-state index contributed by atoms with van der Waals surface area (Å²) in [6.07, 6.45) is 0.862. The molecular weight excluding hydrogens is 268 g/mol. The molecule has 0 saturated heterocycles. The Balaban J connectivity index is 0. The van der Waals surface area contributed by atoms with Crippen LogP contribution in [0, 0.1) is 6.92 Å². The molecule has 0 fully saturated rings. The number of aromatic carboxylic acids is 1. The Morgan fingerprint density at radius 2 is 1.63 bits per heavy atom. The first-order valence-electron chi connectivity index (χ1n) is 6.03. The Bertz CT molecular complexity index is 492. The van der Waals surface area contributed by atoms with Crippen LogP contribution < -0.4 is 4.18 Å². The molecular formula is C13H22O5S. The van der Waals surface area contributed by atoms with E-state index in [1.54, 1.807) is 13.0 Å². The van der Waals surface area contributed by atoms with Crippen molar-refractivity contribution < 1.29 is 22.5 Å². The highest BCUT2D eigenvalue weighted by atomic mass is 32.2. The van der Waals surface area contributed by atoms with Crippen LogP contribution in [-0.4, -0.2) is 25.7 Å². The molecule has 6 heteroatoms. The van der Waals surface area contributed by atoms with Gasteiger partial charge in [0.05, 0.1) is 6.26 Å². The van der Waals surface area contributed by atoms with Crippen LogP contribution in [0.1, 0.15) is 43.6 Å². The highest BCUT2D eigenvalue weighted by Gasteiger charge is 2.15. The van der Waals surface area contributed by atoms with Crippen molar-refractivity contribution in [2.24, 2.45) is 0 Å². The normalized spacial score (nSPS) is 9.37. The third kappa shape index (κ3) is 8.20. The fourth-order valence-electron chi connectivity index (χ4n) is 1.04. The summed E-state index contributed by atoms with van der Waals surface area (Å²) in [5, 5.41) is 8.78. The maximum absolute atomic E-state index is 10.9. The highest BCUT2D eigenvalue weighted by Crippen LogP contribution is 2.21. The predicted molar refractivity (Wildman–Crippen MR) is 76.3 cm³/mol. The molecule has 1 N–H and O–H groups in total. The first-order chi connectivity index (χ1) is 8.79. The van der Waals surface area contributed by atoms with E-state index in [0.29, 0.717) is 0 Å². The van der Waals surface area contributed by atoms with Gasteiger partial charge in [-0.3, -0.25) is 0 Å². The molecule has 0 aromatic heterocycles. The van der Waals surface area contributed by atoms with Gasteiger partial charge in [0.2, 0.25) is 0 Å². The molecule has 0 unspecified atom stereocenters. The molecule has 0 heterocycles. The van der Waals surface area contributed by atoms with Gasteiger partial charge in [-0.1, -0.05) is 33.8 Å². The summed E-state index contributed by atoms with van der Waals surface area (Å²) in [5.74, 6) is -1.39. The van der Waals surface area contributed by atoms with Gasteiger partial charge >= 0.3 is 16.1 Å². The first-order valence-corrected chi connectivity index (χ1v) is 7.84. The Labute approximate surface area is 115 Å². The lowest BCUT2D eigenvalue weighted by Gasteiger charge is -2.06. The van der Waals surface area contributed by atoms with Crippen molar-refractivity contribution in [3.63, 3.8) is 0 Å². The number of carboxylic acids is 1. The summed E-state index contributed by atoms with van der Waals surface area (Å²) in [6, 6.07) is 4.24. The summed E-state index contributed by atoms with van der Waals surface area (Å²) in [5.41, 5.74) is 0.546. The zero-order valence-electron chi connectivity index (χ0n) is 12.2. The van der Waals surface area contributed by atoms with Gasteiger partial charge in [-0.15, -0.1) is 0 Å². The molecule has 0 radical (unpaired) electrons. The number of benzene rings is 1. The Morgan fingerprint density at radius 3 is 2.00 bits per heavy atom. The molecule has 0 aliphatic carbocycles. The topological polar surface area (TPSA) is 80.7 Å². The van der Waals surface area contributed by atoms with Crippen LogP contribution in [0.5, 0.6) is 5.75 Å². The number of aryl methyl sites for hydroxylation is 1. The molecule has 0 spiro atoms. The molecule has 1 aromatic rings. The van der Waals surface area contributed by atoms with Gasteiger partial charge in [0.15, 0.2) is 5.75 Å². The van der Waals surface area contributed by atoms with Crippen molar-refractivity contribution >= 4 is 16.1 Å². The molecule has 1 aromatic carbocycles.